The average molecular weight is 346 g/mol. The van der Waals surface area contributed by atoms with E-state index < -0.39 is 0 Å². The lowest BCUT2D eigenvalue weighted by Crippen LogP contribution is -2.37. The quantitative estimate of drug-likeness (QED) is 0.343. The van der Waals surface area contributed by atoms with Gasteiger partial charge in [-0.1, -0.05) is 42.5 Å². The smallest absolute Gasteiger partial charge is 0.296 e. The predicted octanol–water partition coefficient (Wildman–Crippen LogP) is 5.00. The van der Waals surface area contributed by atoms with Gasteiger partial charge in [-0.2, -0.15) is 4.57 Å². The largest absolute Gasteiger partial charge is 0.299 e. The maximum Gasteiger partial charge on any atom is 0.296 e. The van der Waals surface area contributed by atoms with Crippen molar-refractivity contribution in [1.82, 2.24) is 9.13 Å². The molecule has 0 aliphatic carbocycles. The number of hydrogen-bond acceptors (Lipinski definition) is 0. The van der Waals surface area contributed by atoms with Crippen LogP contribution in [0.5, 0.6) is 0 Å². The molecule has 0 N–H and O–H groups in total. The molecule has 0 spiro atoms. The number of pyridine rings is 1. The van der Waals surface area contributed by atoms with Crippen LogP contribution in [0.3, 0.4) is 0 Å². The van der Waals surface area contributed by atoms with Gasteiger partial charge in [0.25, 0.3) is 5.65 Å². The second kappa shape index (κ2) is 4.57. The molecular formula is C24H16N3+. The third kappa shape index (κ3) is 1.52. The molecule has 126 valence electrons. The van der Waals surface area contributed by atoms with E-state index in [0.29, 0.717) is 0 Å². The Kier molecular flexibility index (Phi) is 2.30. The van der Waals surface area contributed by atoms with E-state index in [9.17, 15) is 0 Å². The summed E-state index contributed by atoms with van der Waals surface area (Å²) in [6.45, 7) is 0.814. The van der Waals surface area contributed by atoms with Crippen LogP contribution in [0, 0.1) is 0 Å². The van der Waals surface area contributed by atoms with Gasteiger partial charge in [-0.05, 0) is 36.4 Å². The fourth-order valence-electron chi connectivity index (χ4n) is 4.94. The van der Waals surface area contributed by atoms with E-state index >= 15 is 0 Å². The second-order valence-electron chi connectivity index (χ2n) is 7.33. The van der Waals surface area contributed by atoms with Crippen LogP contribution in [0.2, 0.25) is 0 Å². The number of benzene rings is 3. The number of rotatable bonds is 0. The SMILES string of the molecule is c1ccc2c(c1)c1cccc3c1n2C[n+]1cccc2c4ccccc4n-3c21. The summed E-state index contributed by atoms with van der Waals surface area (Å²) in [6, 6.07) is 28.6. The Balaban J connectivity index is 1.83. The molecule has 0 saturated carbocycles. The first-order valence-electron chi connectivity index (χ1n) is 9.34. The van der Waals surface area contributed by atoms with E-state index in [0.717, 1.165) is 6.67 Å². The van der Waals surface area contributed by atoms with Crippen molar-refractivity contribution in [2.24, 2.45) is 0 Å². The van der Waals surface area contributed by atoms with Gasteiger partial charge in [0.15, 0.2) is 12.4 Å². The van der Waals surface area contributed by atoms with Gasteiger partial charge in [-0.25, -0.2) is 4.57 Å². The molecule has 6 aromatic rings. The lowest BCUT2D eigenvalue weighted by atomic mass is 10.1. The number of hydrogen-bond donors (Lipinski definition) is 0. The van der Waals surface area contributed by atoms with Gasteiger partial charge in [-0.15, -0.1) is 0 Å². The molecule has 27 heavy (non-hydrogen) atoms. The molecule has 0 unspecified atom stereocenters. The molecule has 7 rings (SSSR count). The van der Waals surface area contributed by atoms with Gasteiger partial charge < -0.3 is 0 Å². The van der Waals surface area contributed by atoms with Crippen LogP contribution in [-0.2, 0) is 6.67 Å². The number of aromatic nitrogens is 3. The minimum atomic E-state index is 0.814. The van der Waals surface area contributed by atoms with E-state index in [1.54, 1.807) is 0 Å². The molecule has 1 aliphatic heterocycles. The molecule has 3 aromatic carbocycles. The molecular weight excluding hydrogens is 330 g/mol. The predicted molar refractivity (Wildman–Crippen MR) is 109 cm³/mol. The van der Waals surface area contributed by atoms with Crippen molar-refractivity contribution < 1.29 is 4.57 Å². The molecule has 0 fully saturated rings. The summed E-state index contributed by atoms with van der Waals surface area (Å²) >= 11 is 0. The summed E-state index contributed by atoms with van der Waals surface area (Å²) in [5.74, 6) is 0. The highest BCUT2D eigenvalue weighted by Crippen LogP contribution is 2.38. The lowest BCUT2D eigenvalue weighted by molar-refractivity contribution is -0.676. The number of fused-ring (bicyclic) bond motifs is 7. The van der Waals surface area contributed by atoms with Crippen LogP contribution in [0.25, 0.3) is 49.4 Å². The van der Waals surface area contributed by atoms with Crippen molar-refractivity contribution >= 4 is 43.7 Å². The van der Waals surface area contributed by atoms with E-state index in [4.69, 9.17) is 0 Å². The van der Waals surface area contributed by atoms with Crippen LogP contribution in [0.1, 0.15) is 0 Å². The Morgan fingerprint density at radius 3 is 2.22 bits per heavy atom. The highest BCUT2D eigenvalue weighted by atomic mass is 15.2. The maximum absolute atomic E-state index is 2.46. The van der Waals surface area contributed by atoms with E-state index in [-0.39, 0.29) is 0 Å². The molecule has 3 nitrogen and oxygen atoms in total. The van der Waals surface area contributed by atoms with Gasteiger partial charge in [0, 0.05) is 16.2 Å². The maximum atomic E-state index is 2.46. The zero-order chi connectivity index (χ0) is 17.5. The molecule has 3 heteroatoms. The Bertz CT molecular complexity index is 1550. The second-order valence-corrected chi connectivity index (χ2v) is 7.33. The van der Waals surface area contributed by atoms with Crippen LogP contribution in [-0.4, -0.2) is 9.13 Å². The third-order valence-electron chi connectivity index (χ3n) is 5.99. The molecule has 0 radical (unpaired) electrons. The van der Waals surface area contributed by atoms with Crippen molar-refractivity contribution in [2.75, 3.05) is 0 Å². The molecule has 0 bridgehead atoms. The van der Waals surface area contributed by atoms with E-state index in [2.05, 4.69) is 98.8 Å². The fraction of sp³-hybridized carbons (Fsp3) is 0.0417. The van der Waals surface area contributed by atoms with E-state index in [1.165, 1.54) is 49.4 Å². The number of nitrogens with zero attached hydrogens (tertiary/aromatic N) is 3. The fourth-order valence-corrected chi connectivity index (χ4v) is 4.94. The zero-order valence-corrected chi connectivity index (χ0v) is 14.6. The minimum absolute atomic E-state index is 0.814. The molecule has 0 saturated heterocycles. The third-order valence-corrected chi connectivity index (χ3v) is 5.99. The van der Waals surface area contributed by atoms with Crippen LogP contribution >= 0.6 is 0 Å². The Morgan fingerprint density at radius 2 is 1.33 bits per heavy atom. The van der Waals surface area contributed by atoms with E-state index in [1.807, 2.05) is 0 Å². The minimum Gasteiger partial charge on any atom is -0.299 e. The van der Waals surface area contributed by atoms with Gasteiger partial charge >= 0.3 is 0 Å². The Labute approximate surface area is 155 Å². The van der Waals surface area contributed by atoms with Crippen molar-refractivity contribution in [3.8, 4) is 5.69 Å². The summed E-state index contributed by atoms with van der Waals surface area (Å²) in [5, 5.41) is 5.26. The van der Waals surface area contributed by atoms with Crippen LogP contribution in [0.15, 0.2) is 85.1 Å². The van der Waals surface area contributed by atoms with Crippen molar-refractivity contribution in [2.45, 2.75) is 6.67 Å². The summed E-state index contributed by atoms with van der Waals surface area (Å²) in [7, 11) is 0. The normalized spacial score (nSPS) is 13.0. The molecule has 4 heterocycles. The van der Waals surface area contributed by atoms with Gasteiger partial charge in [0.2, 0.25) is 0 Å². The lowest BCUT2D eigenvalue weighted by Gasteiger charge is -2.05. The highest BCUT2D eigenvalue weighted by molar-refractivity contribution is 6.13. The summed E-state index contributed by atoms with van der Waals surface area (Å²) in [4.78, 5) is 0. The Morgan fingerprint density at radius 1 is 0.630 bits per heavy atom. The van der Waals surface area contributed by atoms with Gasteiger partial charge in [-0.3, -0.25) is 4.57 Å². The van der Waals surface area contributed by atoms with Crippen LogP contribution in [0.4, 0.5) is 0 Å². The van der Waals surface area contributed by atoms with Gasteiger partial charge in [0.1, 0.15) is 11.0 Å². The molecule has 1 aliphatic rings. The highest BCUT2D eigenvalue weighted by Gasteiger charge is 2.29. The van der Waals surface area contributed by atoms with Crippen molar-refractivity contribution in [3.05, 3.63) is 85.1 Å². The van der Waals surface area contributed by atoms with Crippen LogP contribution < -0.4 is 4.57 Å². The standard InChI is InChI=1S/C24H16N3/c1-3-11-20-16(7-1)18-9-5-13-22-23(18)26(20)15-25-14-6-10-19-17-8-2-4-12-21(17)27(22)24(19)25/h1-14H,15H2/q+1. The topological polar surface area (TPSA) is 13.7 Å². The number of para-hydroxylation sites is 3. The summed E-state index contributed by atoms with van der Waals surface area (Å²) < 4.78 is 7.28. The average Bonchev–Trinajstić information content (AvgIpc) is 3.17. The monoisotopic (exact) mass is 346 g/mol. The zero-order valence-electron chi connectivity index (χ0n) is 14.6. The molecule has 0 amide bonds. The van der Waals surface area contributed by atoms with Crippen molar-refractivity contribution in [1.29, 1.82) is 0 Å². The first-order chi connectivity index (χ1) is 13.4. The summed E-state index contributed by atoms with van der Waals surface area (Å²) in [5.41, 5.74) is 6.38. The first-order valence-corrected chi connectivity index (χ1v) is 9.34. The Hall–Kier alpha value is -3.59. The molecule has 0 atom stereocenters. The molecule has 3 aromatic heterocycles. The van der Waals surface area contributed by atoms with Gasteiger partial charge in [0.05, 0.1) is 17.1 Å². The summed E-state index contributed by atoms with van der Waals surface area (Å²) in [6.07, 6.45) is 2.20. The van der Waals surface area contributed by atoms with Crippen molar-refractivity contribution in [3.63, 3.8) is 0 Å². The first kappa shape index (κ1) is 13.6.